The van der Waals surface area contributed by atoms with E-state index in [1.807, 2.05) is 109 Å². The van der Waals surface area contributed by atoms with Crippen molar-refractivity contribution in [1.29, 1.82) is 5.26 Å². The van der Waals surface area contributed by atoms with Gasteiger partial charge < -0.3 is 16.0 Å². The molecule has 6 aromatic rings. The number of amides is 3. The number of hydrogen-bond acceptors (Lipinski definition) is 6. The van der Waals surface area contributed by atoms with E-state index in [9.17, 15) is 19.6 Å². The molecule has 0 bridgehead atoms. The van der Waals surface area contributed by atoms with Crippen molar-refractivity contribution in [2.24, 2.45) is 0 Å². The van der Waals surface area contributed by atoms with E-state index in [1.165, 1.54) is 23.1 Å². The molecule has 0 aliphatic rings. The number of thioether (sulfide) groups is 1. The Bertz CT molecular complexity index is 2250. The highest BCUT2D eigenvalue weighted by Crippen LogP contribution is 2.36. The van der Waals surface area contributed by atoms with Gasteiger partial charge in [-0.05, 0) is 65.1 Å². The number of rotatable bonds is 12. The zero-order chi connectivity index (χ0) is 36.3. The van der Waals surface area contributed by atoms with E-state index in [0.29, 0.717) is 28.2 Å². The summed E-state index contributed by atoms with van der Waals surface area (Å²) in [5.74, 6) is -1.13. The van der Waals surface area contributed by atoms with Gasteiger partial charge >= 0.3 is 0 Å². The van der Waals surface area contributed by atoms with Gasteiger partial charge in [-0.1, -0.05) is 116 Å². The summed E-state index contributed by atoms with van der Waals surface area (Å²) in [5, 5.41) is 20.5. The molecule has 0 radical (unpaired) electrons. The Morgan fingerprint density at radius 3 is 2.06 bits per heavy atom. The van der Waals surface area contributed by atoms with Gasteiger partial charge in [0.05, 0.1) is 10.8 Å². The first-order valence-electron chi connectivity index (χ1n) is 16.6. The van der Waals surface area contributed by atoms with Gasteiger partial charge in [-0.25, -0.2) is 0 Å². The largest absolute Gasteiger partial charge is 0.321 e. The van der Waals surface area contributed by atoms with E-state index in [-0.39, 0.29) is 11.6 Å². The molecule has 1 unspecified atom stereocenters. The predicted molar refractivity (Wildman–Crippen MR) is 212 cm³/mol. The molecule has 5 aromatic carbocycles. The highest BCUT2D eigenvalue weighted by atomic mass is 32.2. The third kappa shape index (κ3) is 8.92. The number of nitrogens with zero attached hydrogens (tertiary/aromatic N) is 1. The maximum absolute atomic E-state index is 13.7. The van der Waals surface area contributed by atoms with Gasteiger partial charge in [0.1, 0.15) is 16.8 Å². The molecule has 3 N–H and O–H groups in total. The Morgan fingerprint density at radius 1 is 0.769 bits per heavy atom. The van der Waals surface area contributed by atoms with Gasteiger partial charge in [0, 0.05) is 27.1 Å². The summed E-state index contributed by atoms with van der Waals surface area (Å²) in [4.78, 5) is 41.1. The molecule has 0 saturated carbocycles. The maximum atomic E-state index is 13.7. The minimum absolute atomic E-state index is 0.0734. The number of nitriles is 1. The van der Waals surface area contributed by atoms with Crippen molar-refractivity contribution in [2.45, 2.75) is 23.5 Å². The van der Waals surface area contributed by atoms with E-state index in [4.69, 9.17) is 0 Å². The molecule has 0 saturated heterocycles. The summed E-state index contributed by atoms with van der Waals surface area (Å²) >= 11 is 2.69. The molecule has 3 amide bonds. The van der Waals surface area contributed by atoms with Crippen molar-refractivity contribution in [3.05, 3.63) is 167 Å². The average Bonchev–Trinajstić information content (AvgIpc) is 3.60. The second-order valence-corrected chi connectivity index (χ2v) is 13.8. The van der Waals surface area contributed by atoms with Gasteiger partial charge in [-0.3, -0.25) is 14.4 Å². The summed E-state index contributed by atoms with van der Waals surface area (Å²) in [6.45, 7) is 1.93. The number of anilines is 2. The van der Waals surface area contributed by atoms with Crippen LogP contribution in [0.4, 0.5) is 10.7 Å². The van der Waals surface area contributed by atoms with Crippen LogP contribution in [-0.2, 0) is 9.59 Å². The van der Waals surface area contributed by atoms with E-state index in [2.05, 4.69) is 22.0 Å². The first-order valence-corrected chi connectivity index (χ1v) is 18.4. The van der Waals surface area contributed by atoms with Crippen molar-refractivity contribution < 1.29 is 14.4 Å². The second kappa shape index (κ2) is 17.1. The third-order valence-corrected chi connectivity index (χ3v) is 10.4. The van der Waals surface area contributed by atoms with Crippen LogP contribution in [0.3, 0.4) is 0 Å². The lowest BCUT2D eigenvalue weighted by Gasteiger charge is -2.16. The molecule has 0 spiro atoms. The highest BCUT2D eigenvalue weighted by molar-refractivity contribution is 8.00. The zero-order valence-electron chi connectivity index (χ0n) is 28.2. The quantitative estimate of drug-likeness (QED) is 0.0862. The smallest absolute Gasteiger partial charge is 0.272 e. The van der Waals surface area contributed by atoms with E-state index in [0.717, 1.165) is 32.7 Å². The van der Waals surface area contributed by atoms with Crippen molar-refractivity contribution in [3.63, 3.8) is 0 Å². The summed E-state index contributed by atoms with van der Waals surface area (Å²) in [5.41, 5.74) is 5.97. The van der Waals surface area contributed by atoms with Gasteiger partial charge in [-0.15, -0.1) is 23.1 Å². The van der Waals surface area contributed by atoms with Crippen LogP contribution in [0, 0.1) is 11.3 Å². The fourth-order valence-corrected chi connectivity index (χ4v) is 7.36. The minimum Gasteiger partial charge on any atom is -0.321 e. The first-order chi connectivity index (χ1) is 25.4. The Morgan fingerprint density at radius 2 is 1.40 bits per heavy atom. The van der Waals surface area contributed by atoms with E-state index in [1.54, 1.807) is 48.5 Å². The molecule has 1 atom stereocenters. The number of benzene rings is 5. The van der Waals surface area contributed by atoms with Crippen molar-refractivity contribution in [1.82, 2.24) is 5.32 Å². The number of hydrogen-bond donors (Lipinski definition) is 3. The van der Waals surface area contributed by atoms with Crippen LogP contribution < -0.4 is 16.0 Å². The van der Waals surface area contributed by atoms with E-state index < -0.39 is 17.1 Å². The monoisotopic (exact) mass is 718 g/mol. The molecule has 52 heavy (non-hydrogen) atoms. The van der Waals surface area contributed by atoms with Crippen LogP contribution >= 0.6 is 23.1 Å². The molecule has 6 rings (SSSR count). The van der Waals surface area contributed by atoms with Crippen LogP contribution in [0.5, 0.6) is 0 Å². The third-order valence-electron chi connectivity index (χ3n) is 8.12. The summed E-state index contributed by atoms with van der Waals surface area (Å²) in [7, 11) is 0. The number of nitrogens with one attached hydrogen (secondary N) is 3. The lowest BCUT2D eigenvalue weighted by Crippen LogP contribution is -2.30. The summed E-state index contributed by atoms with van der Waals surface area (Å²) in [6.07, 6.45) is 2.18. The Balaban J connectivity index is 1.18. The molecular formula is C43H34N4O3S2. The number of carbonyl (C=O) groups excluding carboxylic acids is 3. The molecule has 0 aliphatic carbocycles. The lowest BCUT2D eigenvalue weighted by atomic mass is 10.0. The molecule has 7 nitrogen and oxygen atoms in total. The molecule has 1 heterocycles. The van der Waals surface area contributed by atoms with Gasteiger partial charge in [0.25, 0.3) is 11.8 Å². The standard InChI is InChI=1S/C43H34N4O3S2/c1-2-39(42(50)47-43-36(27-44)37(28-51-43)32-15-8-4-9-16-32)52-35-20-12-19-34(26-35)45-41(49)38(46-40(48)33-17-10-5-11-18-33)25-29-21-23-31(24-22-29)30-13-6-3-7-14-30/h3-26,28,39H,2H2,1H3,(H,45,49)(H,46,48)(H,47,50)/b38-25+. The molecule has 1 aromatic heterocycles. The molecule has 0 aliphatic heterocycles. The average molecular weight is 719 g/mol. The molecule has 9 heteroatoms. The molecule has 0 fully saturated rings. The Labute approximate surface area is 311 Å². The normalized spacial score (nSPS) is 11.6. The fraction of sp³-hybridized carbons (Fsp3) is 0.0698. The fourth-order valence-electron chi connectivity index (χ4n) is 5.43. The number of carbonyl (C=O) groups is 3. The van der Waals surface area contributed by atoms with E-state index >= 15 is 0 Å². The highest BCUT2D eigenvalue weighted by Gasteiger charge is 2.22. The zero-order valence-corrected chi connectivity index (χ0v) is 29.8. The van der Waals surface area contributed by atoms with Crippen molar-refractivity contribution >= 4 is 57.6 Å². The summed E-state index contributed by atoms with van der Waals surface area (Å²) < 4.78 is 0. The Hall–Kier alpha value is -6.21. The topological polar surface area (TPSA) is 111 Å². The van der Waals surface area contributed by atoms with Crippen LogP contribution in [0.25, 0.3) is 28.3 Å². The maximum Gasteiger partial charge on any atom is 0.272 e. The van der Waals surface area contributed by atoms with Crippen LogP contribution in [-0.4, -0.2) is 23.0 Å². The molecule has 256 valence electrons. The molecular weight excluding hydrogens is 685 g/mol. The number of thiophene rings is 1. The summed E-state index contributed by atoms with van der Waals surface area (Å²) in [6, 6.07) is 45.5. The predicted octanol–water partition coefficient (Wildman–Crippen LogP) is 9.87. The SMILES string of the molecule is CCC(Sc1cccc(NC(=O)/C(=C\c2ccc(-c3ccccc3)cc2)NC(=O)c2ccccc2)c1)C(=O)Nc1scc(-c2ccccc2)c1C#N. The lowest BCUT2D eigenvalue weighted by molar-refractivity contribution is -0.116. The minimum atomic E-state index is -0.501. The van der Waals surface area contributed by atoms with Crippen LogP contribution in [0.15, 0.2) is 155 Å². The van der Waals surface area contributed by atoms with Gasteiger partial charge in [0.15, 0.2) is 0 Å². The first kappa shape index (κ1) is 35.6. The van der Waals surface area contributed by atoms with Gasteiger partial charge in [-0.2, -0.15) is 5.26 Å². The second-order valence-electron chi connectivity index (χ2n) is 11.7. The van der Waals surface area contributed by atoms with Crippen LogP contribution in [0.1, 0.15) is 34.8 Å². The van der Waals surface area contributed by atoms with Crippen LogP contribution in [0.2, 0.25) is 0 Å². The van der Waals surface area contributed by atoms with Crippen molar-refractivity contribution in [2.75, 3.05) is 10.6 Å². The van der Waals surface area contributed by atoms with Crippen molar-refractivity contribution in [3.8, 4) is 28.3 Å². The Kier molecular flexibility index (Phi) is 11.7. The van der Waals surface area contributed by atoms with Gasteiger partial charge in [0.2, 0.25) is 5.91 Å².